The Morgan fingerprint density at radius 1 is 1.30 bits per heavy atom. The summed E-state index contributed by atoms with van der Waals surface area (Å²) in [6.45, 7) is 7.09. The molecule has 0 aliphatic heterocycles. The van der Waals surface area contributed by atoms with Gasteiger partial charge in [-0.25, -0.2) is 0 Å². The Morgan fingerprint density at radius 2 is 2.05 bits per heavy atom. The van der Waals surface area contributed by atoms with E-state index in [4.69, 9.17) is 10.5 Å². The highest BCUT2D eigenvalue weighted by atomic mass is 16.5. The molecular formula is C16H23N3O. The number of hydrogen-bond acceptors (Lipinski definition) is 3. The van der Waals surface area contributed by atoms with Crippen LogP contribution in [0, 0.1) is 6.92 Å². The van der Waals surface area contributed by atoms with Crippen molar-refractivity contribution in [1.82, 2.24) is 9.78 Å². The van der Waals surface area contributed by atoms with E-state index >= 15 is 0 Å². The summed E-state index contributed by atoms with van der Waals surface area (Å²) >= 11 is 0. The predicted octanol–water partition coefficient (Wildman–Crippen LogP) is 2.83. The Hall–Kier alpha value is -1.81. The van der Waals surface area contributed by atoms with Gasteiger partial charge in [0.2, 0.25) is 0 Å². The van der Waals surface area contributed by atoms with E-state index < -0.39 is 0 Å². The molecule has 2 rings (SSSR count). The van der Waals surface area contributed by atoms with E-state index in [1.54, 1.807) is 7.11 Å². The van der Waals surface area contributed by atoms with Crippen molar-refractivity contribution >= 4 is 0 Å². The zero-order valence-electron chi connectivity index (χ0n) is 12.7. The first kappa shape index (κ1) is 14.6. The highest BCUT2D eigenvalue weighted by molar-refractivity contribution is 5.39. The number of ether oxygens (including phenoxy) is 1. The van der Waals surface area contributed by atoms with Crippen molar-refractivity contribution in [1.29, 1.82) is 0 Å². The van der Waals surface area contributed by atoms with E-state index in [1.807, 2.05) is 22.9 Å². The minimum atomic E-state index is -0.159. The van der Waals surface area contributed by atoms with Gasteiger partial charge in [0.25, 0.3) is 0 Å². The van der Waals surface area contributed by atoms with Gasteiger partial charge in [0.1, 0.15) is 5.75 Å². The third kappa shape index (κ3) is 2.70. The van der Waals surface area contributed by atoms with Gasteiger partial charge in [0, 0.05) is 6.54 Å². The van der Waals surface area contributed by atoms with Crippen LogP contribution in [0.15, 0.2) is 24.3 Å². The lowest BCUT2D eigenvalue weighted by molar-refractivity contribution is 0.414. The molecule has 0 spiro atoms. The van der Waals surface area contributed by atoms with Crippen molar-refractivity contribution in [2.75, 3.05) is 7.11 Å². The van der Waals surface area contributed by atoms with Crippen LogP contribution >= 0.6 is 0 Å². The smallest absolute Gasteiger partial charge is 0.119 e. The van der Waals surface area contributed by atoms with E-state index in [-0.39, 0.29) is 6.04 Å². The Bertz CT molecular complexity index is 589. The molecule has 0 saturated carbocycles. The van der Waals surface area contributed by atoms with E-state index in [1.165, 1.54) is 0 Å². The lowest BCUT2D eigenvalue weighted by Crippen LogP contribution is -2.18. The maximum absolute atomic E-state index is 6.45. The molecule has 0 radical (unpaired) electrons. The van der Waals surface area contributed by atoms with Crippen LogP contribution in [0.1, 0.15) is 42.4 Å². The molecule has 2 N–H and O–H groups in total. The largest absolute Gasteiger partial charge is 0.497 e. The second kappa shape index (κ2) is 6.09. The van der Waals surface area contributed by atoms with Crippen LogP contribution in [-0.4, -0.2) is 16.9 Å². The quantitative estimate of drug-likeness (QED) is 0.911. The molecule has 108 valence electrons. The number of hydrogen-bond donors (Lipinski definition) is 1. The summed E-state index contributed by atoms with van der Waals surface area (Å²) in [7, 11) is 1.67. The third-order valence-electron chi connectivity index (χ3n) is 3.65. The Labute approximate surface area is 120 Å². The number of aryl methyl sites for hydroxylation is 3. The molecule has 0 fully saturated rings. The molecule has 0 aliphatic carbocycles. The third-order valence-corrected chi connectivity index (χ3v) is 3.65. The van der Waals surface area contributed by atoms with Gasteiger partial charge in [-0.2, -0.15) is 5.10 Å². The van der Waals surface area contributed by atoms with Gasteiger partial charge in [0.05, 0.1) is 24.5 Å². The van der Waals surface area contributed by atoms with Crippen molar-refractivity contribution in [2.45, 2.75) is 39.8 Å². The van der Waals surface area contributed by atoms with Crippen molar-refractivity contribution < 1.29 is 4.74 Å². The molecule has 2 aromatic rings. The molecule has 1 atom stereocenters. The van der Waals surface area contributed by atoms with Gasteiger partial charge in [-0.1, -0.05) is 13.0 Å². The highest BCUT2D eigenvalue weighted by Gasteiger charge is 2.17. The second-order valence-corrected chi connectivity index (χ2v) is 4.93. The summed E-state index contributed by atoms with van der Waals surface area (Å²) in [6.07, 6.45) is 0.925. The molecule has 0 aliphatic rings. The summed E-state index contributed by atoms with van der Waals surface area (Å²) in [5, 5.41) is 4.57. The minimum Gasteiger partial charge on any atom is -0.497 e. The van der Waals surface area contributed by atoms with Gasteiger partial charge in [-0.05, 0) is 49.6 Å². The predicted molar refractivity (Wildman–Crippen MR) is 81.0 cm³/mol. The van der Waals surface area contributed by atoms with Crippen molar-refractivity contribution in [3.05, 3.63) is 46.8 Å². The van der Waals surface area contributed by atoms with Crippen molar-refractivity contribution in [3.8, 4) is 5.75 Å². The fraction of sp³-hybridized carbons (Fsp3) is 0.438. The number of rotatable bonds is 5. The van der Waals surface area contributed by atoms with Crippen molar-refractivity contribution in [3.63, 3.8) is 0 Å². The molecule has 0 saturated heterocycles. The fourth-order valence-corrected chi connectivity index (χ4v) is 2.45. The monoisotopic (exact) mass is 273 g/mol. The Balaban J connectivity index is 2.40. The summed E-state index contributed by atoms with van der Waals surface area (Å²) < 4.78 is 7.24. The number of methoxy groups -OCH3 is 1. The molecule has 4 nitrogen and oxygen atoms in total. The Morgan fingerprint density at radius 3 is 2.60 bits per heavy atom. The van der Waals surface area contributed by atoms with Crippen molar-refractivity contribution in [2.24, 2.45) is 5.73 Å². The van der Waals surface area contributed by atoms with E-state index in [0.29, 0.717) is 0 Å². The summed E-state index contributed by atoms with van der Waals surface area (Å²) in [4.78, 5) is 0. The first-order chi connectivity index (χ1) is 9.60. The molecular weight excluding hydrogens is 250 g/mol. The van der Waals surface area contributed by atoms with Gasteiger partial charge in [-0.15, -0.1) is 0 Å². The minimum absolute atomic E-state index is 0.159. The van der Waals surface area contributed by atoms with Gasteiger partial charge >= 0.3 is 0 Å². The maximum atomic E-state index is 6.45. The zero-order chi connectivity index (χ0) is 14.7. The second-order valence-electron chi connectivity index (χ2n) is 4.93. The fourth-order valence-electron chi connectivity index (χ4n) is 2.45. The molecule has 4 heteroatoms. The summed E-state index contributed by atoms with van der Waals surface area (Å²) in [6, 6.07) is 7.96. The summed E-state index contributed by atoms with van der Waals surface area (Å²) in [5.41, 5.74) is 10.9. The van der Waals surface area contributed by atoms with Crippen LogP contribution in [0.3, 0.4) is 0 Å². The van der Waals surface area contributed by atoms with Crippen LogP contribution in [0.5, 0.6) is 5.75 Å². The Kier molecular flexibility index (Phi) is 4.45. The van der Waals surface area contributed by atoms with Crippen LogP contribution in [0.25, 0.3) is 0 Å². The topological polar surface area (TPSA) is 53.1 Å². The van der Waals surface area contributed by atoms with Crippen LogP contribution in [-0.2, 0) is 13.0 Å². The zero-order valence-corrected chi connectivity index (χ0v) is 12.7. The van der Waals surface area contributed by atoms with Gasteiger partial charge in [0.15, 0.2) is 0 Å². The average Bonchev–Trinajstić information content (AvgIpc) is 2.89. The normalized spacial score (nSPS) is 12.4. The molecule has 0 amide bonds. The van der Waals surface area contributed by atoms with E-state index in [0.717, 1.165) is 41.2 Å². The number of benzene rings is 1. The van der Waals surface area contributed by atoms with Crippen LogP contribution in [0.4, 0.5) is 0 Å². The molecule has 20 heavy (non-hydrogen) atoms. The molecule has 1 unspecified atom stereocenters. The first-order valence-corrected chi connectivity index (χ1v) is 7.07. The standard InChI is InChI=1S/C16H23N3O/c1-5-12-10-15(19(6-2)18-12)16(17)14-8-7-13(20-4)9-11(14)3/h7-10,16H,5-6,17H2,1-4H3. The number of aromatic nitrogens is 2. The highest BCUT2D eigenvalue weighted by Crippen LogP contribution is 2.26. The summed E-state index contributed by atoms with van der Waals surface area (Å²) in [5.74, 6) is 0.858. The SMILES string of the molecule is CCc1cc(C(N)c2ccc(OC)cc2C)n(CC)n1. The molecule has 1 aromatic heterocycles. The molecule has 1 aromatic carbocycles. The molecule has 0 bridgehead atoms. The van der Waals surface area contributed by atoms with Crippen LogP contribution < -0.4 is 10.5 Å². The lowest BCUT2D eigenvalue weighted by atomic mass is 9.99. The average molecular weight is 273 g/mol. The lowest BCUT2D eigenvalue weighted by Gasteiger charge is -2.16. The van der Waals surface area contributed by atoms with Gasteiger partial charge < -0.3 is 10.5 Å². The van der Waals surface area contributed by atoms with E-state index in [2.05, 4.69) is 31.9 Å². The number of nitrogens with zero attached hydrogens (tertiary/aromatic N) is 2. The molecule has 1 heterocycles. The van der Waals surface area contributed by atoms with E-state index in [9.17, 15) is 0 Å². The van der Waals surface area contributed by atoms with Crippen LogP contribution in [0.2, 0.25) is 0 Å². The maximum Gasteiger partial charge on any atom is 0.119 e. The first-order valence-electron chi connectivity index (χ1n) is 7.07. The number of nitrogens with two attached hydrogens (primary N) is 1. The van der Waals surface area contributed by atoms with Gasteiger partial charge in [-0.3, -0.25) is 4.68 Å².